The fourth-order valence-corrected chi connectivity index (χ4v) is 4.82. The van der Waals surface area contributed by atoms with E-state index in [1.54, 1.807) is 11.8 Å². The molecule has 0 saturated heterocycles. The molecular weight excluding hydrogens is 316 g/mol. The molecule has 0 unspecified atom stereocenters. The molecule has 0 aromatic heterocycles. The van der Waals surface area contributed by atoms with Crippen LogP contribution in [0.25, 0.3) is 0 Å². The number of nitrogens with zero attached hydrogens (tertiary/aromatic N) is 2. The molecular formula is C20H20N2OS. The molecule has 2 aliphatic rings. The summed E-state index contributed by atoms with van der Waals surface area (Å²) in [6, 6.07) is 16.5. The molecule has 2 aromatic rings. The van der Waals surface area contributed by atoms with Crippen molar-refractivity contribution in [3.05, 3.63) is 65.2 Å². The number of carbonyl (C=O) groups excluding carboxylic acids is 1. The Morgan fingerprint density at radius 2 is 1.88 bits per heavy atom. The van der Waals surface area contributed by atoms with Crippen molar-refractivity contribution in [3.63, 3.8) is 0 Å². The predicted octanol–water partition coefficient (Wildman–Crippen LogP) is 5.09. The zero-order valence-electron chi connectivity index (χ0n) is 13.9. The molecule has 0 N–H and O–H groups in total. The molecule has 24 heavy (non-hydrogen) atoms. The third kappa shape index (κ3) is 2.32. The summed E-state index contributed by atoms with van der Waals surface area (Å²) < 4.78 is 0. The van der Waals surface area contributed by atoms with Crippen molar-refractivity contribution in [1.82, 2.24) is 0 Å². The molecule has 2 atom stereocenters. The molecule has 2 heterocycles. The topological polar surface area (TPSA) is 41.8 Å². The Morgan fingerprint density at radius 1 is 1.12 bits per heavy atom. The molecule has 0 radical (unpaired) electrons. The minimum atomic E-state index is -0.738. The maximum atomic E-state index is 13.2. The van der Waals surface area contributed by atoms with Crippen LogP contribution < -0.4 is 0 Å². The van der Waals surface area contributed by atoms with Crippen LogP contribution in [0.3, 0.4) is 0 Å². The predicted molar refractivity (Wildman–Crippen MR) is 97.2 cm³/mol. The lowest BCUT2D eigenvalue weighted by Crippen LogP contribution is -2.46. The SMILES string of the molecule is CC(C)c1ccc([C@H]2CN=N[C@@]23CSc2ccccc2C3=O)cc1. The minimum Gasteiger partial charge on any atom is -0.291 e. The van der Waals surface area contributed by atoms with Crippen LogP contribution in [0, 0.1) is 0 Å². The summed E-state index contributed by atoms with van der Waals surface area (Å²) >= 11 is 1.72. The highest BCUT2D eigenvalue weighted by atomic mass is 32.2. The first-order chi connectivity index (χ1) is 11.6. The van der Waals surface area contributed by atoms with Crippen molar-refractivity contribution in [2.45, 2.75) is 36.1 Å². The van der Waals surface area contributed by atoms with E-state index in [9.17, 15) is 4.79 Å². The lowest BCUT2D eigenvalue weighted by Gasteiger charge is -2.34. The van der Waals surface area contributed by atoms with Crippen LogP contribution in [-0.2, 0) is 0 Å². The number of azo groups is 1. The normalized spacial score (nSPS) is 25.5. The van der Waals surface area contributed by atoms with Gasteiger partial charge in [-0.2, -0.15) is 10.2 Å². The van der Waals surface area contributed by atoms with Crippen molar-refractivity contribution in [3.8, 4) is 0 Å². The first-order valence-electron chi connectivity index (χ1n) is 8.37. The van der Waals surface area contributed by atoms with Gasteiger partial charge in [-0.25, -0.2) is 0 Å². The first kappa shape index (κ1) is 15.6. The third-order valence-electron chi connectivity index (χ3n) is 5.07. The summed E-state index contributed by atoms with van der Waals surface area (Å²) in [4.78, 5) is 14.3. The van der Waals surface area contributed by atoms with E-state index in [1.165, 1.54) is 5.56 Å². The average Bonchev–Trinajstić information content (AvgIpc) is 3.03. The van der Waals surface area contributed by atoms with Gasteiger partial charge in [0.25, 0.3) is 0 Å². The summed E-state index contributed by atoms with van der Waals surface area (Å²) in [5.41, 5.74) is 2.53. The van der Waals surface area contributed by atoms with Crippen molar-refractivity contribution in [2.24, 2.45) is 10.2 Å². The number of thioether (sulfide) groups is 1. The number of carbonyl (C=O) groups is 1. The Labute approximate surface area is 146 Å². The van der Waals surface area contributed by atoms with Gasteiger partial charge in [-0.15, -0.1) is 11.8 Å². The lowest BCUT2D eigenvalue weighted by molar-refractivity contribution is 0.0888. The number of rotatable bonds is 2. The van der Waals surface area contributed by atoms with Gasteiger partial charge in [0.15, 0.2) is 11.3 Å². The van der Waals surface area contributed by atoms with Crippen LogP contribution in [0.15, 0.2) is 63.7 Å². The van der Waals surface area contributed by atoms with Crippen molar-refractivity contribution in [2.75, 3.05) is 12.3 Å². The highest BCUT2D eigenvalue weighted by Gasteiger charge is 2.52. The second-order valence-corrected chi connectivity index (χ2v) is 7.85. The molecule has 4 rings (SSSR count). The van der Waals surface area contributed by atoms with E-state index in [2.05, 4.69) is 48.3 Å². The van der Waals surface area contributed by atoms with Crippen LogP contribution in [0.4, 0.5) is 0 Å². The zero-order chi connectivity index (χ0) is 16.7. The summed E-state index contributed by atoms with van der Waals surface area (Å²) in [5.74, 6) is 1.33. The zero-order valence-corrected chi connectivity index (χ0v) is 14.7. The highest BCUT2D eigenvalue weighted by Crippen LogP contribution is 2.47. The standard InChI is InChI=1S/C20H20N2OS/c1-13(2)14-7-9-15(10-8-14)17-11-21-22-20(17)12-24-18-6-4-3-5-16(18)19(20)23/h3-10,13,17H,11-12H2,1-2H3/t17-,20+/m1/s1. The van der Waals surface area contributed by atoms with Gasteiger partial charge in [0.2, 0.25) is 0 Å². The van der Waals surface area contributed by atoms with Gasteiger partial charge in [0.1, 0.15) is 0 Å². The van der Waals surface area contributed by atoms with Crippen LogP contribution >= 0.6 is 11.8 Å². The van der Waals surface area contributed by atoms with Gasteiger partial charge in [-0.1, -0.05) is 56.3 Å². The van der Waals surface area contributed by atoms with Gasteiger partial charge in [-0.3, -0.25) is 4.79 Å². The molecule has 2 aromatic carbocycles. The molecule has 0 amide bonds. The van der Waals surface area contributed by atoms with E-state index in [4.69, 9.17) is 0 Å². The highest BCUT2D eigenvalue weighted by molar-refractivity contribution is 7.99. The number of hydrogen-bond donors (Lipinski definition) is 0. The fraction of sp³-hybridized carbons (Fsp3) is 0.350. The van der Waals surface area contributed by atoms with E-state index < -0.39 is 5.54 Å². The van der Waals surface area contributed by atoms with Gasteiger partial charge in [0, 0.05) is 22.1 Å². The smallest absolute Gasteiger partial charge is 0.194 e. The van der Waals surface area contributed by atoms with Crippen molar-refractivity contribution < 1.29 is 4.79 Å². The Kier molecular flexibility index (Phi) is 3.80. The van der Waals surface area contributed by atoms with E-state index in [-0.39, 0.29) is 11.7 Å². The van der Waals surface area contributed by atoms with E-state index in [0.29, 0.717) is 18.2 Å². The fourth-order valence-electron chi connectivity index (χ4n) is 3.56. The average molecular weight is 336 g/mol. The van der Waals surface area contributed by atoms with Gasteiger partial charge in [-0.05, 0) is 23.1 Å². The summed E-state index contributed by atoms with van der Waals surface area (Å²) in [6.07, 6.45) is 0. The van der Waals surface area contributed by atoms with Crippen LogP contribution in [0.2, 0.25) is 0 Å². The molecule has 4 heteroatoms. The Bertz CT molecular complexity index is 813. The largest absolute Gasteiger partial charge is 0.291 e. The quantitative estimate of drug-likeness (QED) is 0.767. The number of hydrogen-bond acceptors (Lipinski definition) is 4. The van der Waals surface area contributed by atoms with Crippen molar-refractivity contribution in [1.29, 1.82) is 0 Å². The number of ketones is 1. The molecule has 2 aliphatic heterocycles. The van der Waals surface area contributed by atoms with Crippen LogP contribution in [-0.4, -0.2) is 23.6 Å². The van der Waals surface area contributed by atoms with Crippen molar-refractivity contribution >= 4 is 17.5 Å². The summed E-state index contributed by atoms with van der Waals surface area (Å²) in [7, 11) is 0. The number of fused-ring (bicyclic) bond motifs is 1. The lowest BCUT2D eigenvalue weighted by atomic mass is 9.76. The van der Waals surface area contributed by atoms with Crippen LogP contribution in [0.1, 0.15) is 47.2 Å². The summed E-state index contributed by atoms with van der Waals surface area (Å²) in [6.45, 7) is 4.97. The maximum Gasteiger partial charge on any atom is 0.194 e. The van der Waals surface area contributed by atoms with E-state index >= 15 is 0 Å². The second-order valence-electron chi connectivity index (χ2n) is 6.84. The molecule has 0 aliphatic carbocycles. The monoisotopic (exact) mass is 336 g/mol. The maximum absolute atomic E-state index is 13.2. The van der Waals surface area contributed by atoms with Crippen LogP contribution in [0.5, 0.6) is 0 Å². The number of benzene rings is 2. The Hall–Kier alpha value is -1.94. The first-order valence-corrected chi connectivity index (χ1v) is 9.35. The van der Waals surface area contributed by atoms with E-state index in [0.717, 1.165) is 16.0 Å². The Balaban J connectivity index is 1.72. The van der Waals surface area contributed by atoms with Gasteiger partial charge < -0.3 is 0 Å². The Morgan fingerprint density at radius 3 is 2.62 bits per heavy atom. The molecule has 3 nitrogen and oxygen atoms in total. The molecule has 0 bridgehead atoms. The minimum absolute atomic E-state index is 0.0343. The molecule has 0 fully saturated rings. The molecule has 1 spiro atoms. The molecule has 0 saturated carbocycles. The van der Waals surface area contributed by atoms with E-state index in [1.807, 2.05) is 24.3 Å². The second kappa shape index (κ2) is 5.85. The molecule has 122 valence electrons. The summed E-state index contributed by atoms with van der Waals surface area (Å²) in [5, 5.41) is 8.77. The van der Waals surface area contributed by atoms with Gasteiger partial charge in [0.05, 0.1) is 6.54 Å². The number of Topliss-reactive ketones (excluding diaryl/α,β-unsaturated/α-hetero) is 1. The third-order valence-corrected chi connectivity index (χ3v) is 6.32. The van der Waals surface area contributed by atoms with Gasteiger partial charge >= 0.3 is 0 Å².